The summed E-state index contributed by atoms with van der Waals surface area (Å²) in [6.07, 6.45) is 8.24. The Bertz CT molecular complexity index is 519. The van der Waals surface area contributed by atoms with Crippen molar-refractivity contribution in [3.8, 4) is 0 Å². The van der Waals surface area contributed by atoms with E-state index in [2.05, 4.69) is 28.4 Å². The summed E-state index contributed by atoms with van der Waals surface area (Å²) in [4.78, 5) is 8.77. The molecule has 0 aliphatic rings. The van der Waals surface area contributed by atoms with Gasteiger partial charge in [0.25, 0.3) is 0 Å². The molecular formula is C15H22ClN3. The van der Waals surface area contributed by atoms with Crippen molar-refractivity contribution in [1.29, 1.82) is 0 Å². The van der Waals surface area contributed by atoms with Crippen molar-refractivity contribution in [2.24, 2.45) is 5.92 Å². The van der Waals surface area contributed by atoms with Crippen molar-refractivity contribution in [2.75, 3.05) is 5.88 Å². The molecule has 0 aliphatic heterocycles. The van der Waals surface area contributed by atoms with Gasteiger partial charge in [0.2, 0.25) is 0 Å². The topological polar surface area (TPSA) is 30.7 Å². The minimum absolute atomic E-state index is 0.614. The average molecular weight is 280 g/mol. The van der Waals surface area contributed by atoms with Crippen molar-refractivity contribution in [2.45, 2.75) is 46.1 Å². The van der Waals surface area contributed by atoms with Gasteiger partial charge in [-0.25, -0.2) is 4.98 Å². The monoisotopic (exact) mass is 279 g/mol. The quantitative estimate of drug-likeness (QED) is 0.566. The summed E-state index contributed by atoms with van der Waals surface area (Å²) in [5.74, 6) is 2.48. The van der Waals surface area contributed by atoms with E-state index < -0.39 is 0 Å². The lowest BCUT2D eigenvalue weighted by Gasteiger charge is -2.09. The minimum Gasteiger partial charge on any atom is -0.328 e. The summed E-state index contributed by atoms with van der Waals surface area (Å²) in [5, 5.41) is 0. The van der Waals surface area contributed by atoms with Crippen LogP contribution < -0.4 is 0 Å². The van der Waals surface area contributed by atoms with Crippen LogP contribution in [0.5, 0.6) is 0 Å². The van der Waals surface area contributed by atoms with Crippen LogP contribution in [0.15, 0.2) is 18.5 Å². The second-order valence-corrected chi connectivity index (χ2v) is 5.75. The fraction of sp³-hybridized carbons (Fsp3) is 0.600. The SMILES string of the molecule is CC(C)CCCCn1c(CCCl)nc2cnccc21. The van der Waals surface area contributed by atoms with Crippen molar-refractivity contribution in [3.05, 3.63) is 24.3 Å². The Labute approximate surface area is 120 Å². The van der Waals surface area contributed by atoms with E-state index in [1.165, 1.54) is 24.8 Å². The summed E-state index contributed by atoms with van der Waals surface area (Å²) < 4.78 is 2.31. The van der Waals surface area contributed by atoms with Gasteiger partial charge in [-0.1, -0.05) is 26.7 Å². The number of rotatable bonds is 7. The molecule has 0 aromatic carbocycles. The van der Waals surface area contributed by atoms with Gasteiger partial charge < -0.3 is 4.57 Å². The minimum atomic E-state index is 0.614. The van der Waals surface area contributed by atoms with Crippen LogP contribution in [0.3, 0.4) is 0 Å². The number of aromatic nitrogens is 3. The molecule has 3 nitrogen and oxygen atoms in total. The molecule has 0 saturated carbocycles. The maximum Gasteiger partial charge on any atom is 0.111 e. The molecule has 0 saturated heterocycles. The summed E-state index contributed by atoms with van der Waals surface area (Å²) in [5.41, 5.74) is 2.16. The number of halogens is 1. The van der Waals surface area contributed by atoms with Crippen LogP contribution in [0, 0.1) is 5.92 Å². The fourth-order valence-electron chi connectivity index (χ4n) is 2.38. The van der Waals surface area contributed by atoms with E-state index in [0.717, 1.165) is 30.2 Å². The zero-order valence-corrected chi connectivity index (χ0v) is 12.5. The van der Waals surface area contributed by atoms with E-state index in [1.54, 1.807) is 0 Å². The summed E-state index contributed by atoms with van der Waals surface area (Å²) in [6.45, 7) is 5.58. The van der Waals surface area contributed by atoms with Gasteiger partial charge in [0.05, 0.1) is 11.7 Å². The van der Waals surface area contributed by atoms with Gasteiger partial charge in [0, 0.05) is 25.0 Å². The smallest absolute Gasteiger partial charge is 0.111 e. The average Bonchev–Trinajstić information content (AvgIpc) is 2.73. The number of alkyl halides is 1. The highest BCUT2D eigenvalue weighted by Gasteiger charge is 2.09. The number of imidazole rings is 1. The number of hydrogen-bond acceptors (Lipinski definition) is 2. The Kier molecular flexibility index (Phi) is 5.20. The Morgan fingerprint density at radius 3 is 2.89 bits per heavy atom. The van der Waals surface area contributed by atoms with Crippen LogP contribution in [-0.2, 0) is 13.0 Å². The van der Waals surface area contributed by atoms with Crippen molar-refractivity contribution < 1.29 is 0 Å². The summed E-state index contributed by atoms with van der Waals surface area (Å²) in [7, 11) is 0. The van der Waals surface area contributed by atoms with Gasteiger partial charge in [0.1, 0.15) is 11.3 Å². The normalized spacial score (nSPS) is 11.6. The fourth-order valence-corrected chi connectivity index (χ4v) is 2.55. The van der Waals surface area contributed by atoms with Crippen molar-refractivity contribution in [3.63, 3.8) is 0 Å². The third kappa shape index (κ3) is 3.69. The molecule has 0 bridgehead atoms. The van der Waals surface area contributed by atoms with E-state index in [4.69, 9.17) is 11.6 Å². The van der Waals surface area contributed by atoms with E-state index in [0.29, 0.717) is 5.88 Å². The van der Waals surface area contributed by atoms with Gasteiger partial charge in [-0.2, -0.15) is 0 Å². The third-order valence-electron chi connectivity index (χ3n) is 3.36. The lowest BCUT2D eigenvalue weighted by Crippen LogP contribution is -2.05. The van der Waals surface area contributed by atoms with E-state index >= 15 is 0 Å². The number of fused-ring (bicyclic) bond motifs is 1. The second-order valence-electron chi connectivity index (χ2n) is 5.37. The first kappa shape index (κ1) is 14.3. The molecule has 2 heterocycles. The zero-order chi connectivity index (χ0) is 13.7. The van der Waals surface area contributed by atoms with Gasteiger partial charge in [-0.15, -0.1) is 11.6 Å². The van der Waals surface area contributed by atoms with Gasteiger partial charge in [-0.3, -0.25) is 4.98 Å². The molecular weight excluding hydrogens is 258 g/mol. The molecule has 0 amide bonds. The van der Waals surface area contributed by atoms with Gasteiger partial charge in [0.15, 0.2) is 0 Å². The Morgan fingerprint density at radius 2 is 2.16 bits per heavy atom. The van der Waals surface area contributed by atoms with E-state index in [1.807, 2.05) is 18.5 Å². The lowest BCUT2D eigenvalue weighted by atomic mass is 10.1. The van der Waals surface area contributed by atoms with Gasteiger partial charge in [-0.05, 0) is 18.4 Å². The molecule has 104 valence electrons. The molecule has 0 aliphatic carbocycles. The Morgan fingerprint density at radius 1 is 1.32 bits per heavy atom. The molecule has 0 atom stereocenters. The number of hydrogen-bond donors (Lipinski definition) is 0. The number of pyridine rings is 1. The molecule has 0 fully saturated rings. The standard InChI is InChI=1S/C15H22ClN3/c1-12(2)5-3-4-10-19-14-7-9-17-11-13(14)18-15(19)6-8-16/h7,9,11-12H,3-6,8,10H2,1-2H3. The predicted molar refractivity (Wildman–Crippen MR) is 80.6 cm³/mol. The van der Waals surface area contributed by atoms with Crippen molar-refractivity contribution >= 4 is 22.6 Å². The maximum absolute atomic E-state index is 5.87. The van der Waals surface area contributed by atoms with Crippen LogP contribution in [0.1, 0.15) is 38.9 Å². The van der Waals surface area contributed by atoms with Crippen LogP contribution in [0.2, 0.25) is 0 Å². The third-order valence-corrected chi connectivity index (χ3v) is 3.55. The highest BCUT2D eigenvalue weighted by Crippen LogP contribution is 2.17. The highest BCUT2D eigenvalue weighted by atomic mass is 35.5. The Balaban J connectivity index is 2.12. The second kappa shape index (κ2) is 6.90. The molecule has 2 aromatic rings. The number of unbranched alkanes of at least 4 members (excludes halogenated alkanes) is 1. The summed E-state index contributed by atoms with van der Waals surface area (Å²) >= 11 is 5.87. The molecule has 2 rings (SSSR count). The largest absolute Gasteiger partial charge is 0.328 e. The van der Waals surface area contributed by atoms with Crippen LogP contribution in [0.25, 0.3) is 11.0 Å². The van der Waals surface area contributed by atoms with Gasteiger partial charge >= 0.3 is 0 Å². The van der Waals surface area contributed by atoms with E-state index in [9.17, 15) is 0 Å². The van der Waals surface area contributed by atoms with Crippen LogP contribution in [-0.4, -0.2) is 20.4 Å². The molecule has 2 aromatic heterocycles. The maximum atomic E-state index is 5.87. The first-order valence-electron chi connectivity index (χ1n) is 7.07. The predicted octanol–water partition coefficient (Wildman–Crippen LogP) is 4.04. The van der Waals surface area contributed by atoms with Crippen LogP contribution in [0.4, 0.5) is 0 Å². The van der Waals surface area contributed by atoms with Crippen LogP contribution >= 0.6 is 11.6 Å². The molecule has 0 unspecified atom stereocenters. The Hall–Kier alpha value is -1.09. The number of aryl methyl sites for hydroxylation is 2. The van der Waals surface area contributed by atoms with E-state index in [-0.39, 0.29) is 0 Å². The first-order chi connectivity index (χ1) is 9.22. The lowest BCUT2D eigenvalue weighted by molar-refractivity contribution is 0.508. The molecule has 0 N–H and O–H groups in total. The molecule has 0 spiro atoms. The molecule has 0 radical (unpaired) electrons. The first-order valence-corrected chi connectivity index (χ1v) is 7.61. The number of nitrogens with zero attached hydrogens (tertiary/aromatic N) is 3. The molecule has 4 heteroatoms. The molecule has 19 heavy (non-hydrogen) atoms. The zero-order valence-electron chi connectivity index (χ0n) is 11.8. The van der Waals surface area contributed by atoms with Crippen molar-refractivity contribution in [1.82, 2.24) is 14.5 Å². The highest BCUT2D eigenvalue weighted by molar-refractivity contribution is 6.17. The summed E-state index contributed by atoms with van der Waals surface area (Å²) in [6, 6.07) is 2.04.